The van der Waals surface area contributed by atoms with E-state index < -0.39 is 0 Å². The summed E-state index contributed by atoms with van der Waals surface area (Å²) in [5.41, 5.74) is 1.10. The molecule has 2 rings (SSSR count). The van der Waals surface area contributed by atoms with E-state index in [4.69, 9.17) is 4.74 Å². The van der Waals surface area contributed by atoms with Gasteiger partial charge in [0.15, 0.2) is 0 Å². The number of thiophene rings is 1. The Kier molecular flexibility index (Phi) is 5.15. The van der Waals surface area contributed by atoms with Gasteiger partial charge in [0, 0.05) is 29.4 Å². The predicted octanol–water partition coefficient (Wildman–Crippen LogP) is 3.65. The average Bonchev–Trinajstić information content (AvgIpc) is 2.89. The fourth-order valence-corrected chi connectivity index (χ4v) is 2.39. The SMILES string of the molecule is CC(C)(C)NCc1cccc(OCCc2cccs2)n1. The van der Waals surface area contributed by atoms with Gasteiger partial charge in [0.25, 0.3) is 0 Å². The van der Waals surface area contributed by atoms with Crippen LogP contribution in [0.4, 0.5) is 0 Å². The smallest absolute Gasteiger partial charge is 0.213 e. The fourth-order valence-electron chi connectivity index (χ4n) is 1.70. The van der Waals surface area contributed by atoms with Gasteiger partial charge in [-0.3, -0.25) is 0 Å². The summed E-state index contributed by atoms with van der Waals surface area (Å²) in [5, 5.41) is 5.52. The Bertz CT molecular complexity index is 518. The highest BCUT2D eigenvalue weighted by Crippen LogP contribution is 2.12. The van der Waals surface area contributed by atoms with Crippen LogP contribution in [0.2, 0.25) is 0 Å². The molecule has 3 nitrogen and oxygen atoms in total. The summed E-state index contributed by atoms with van der Waals surface area (Å²) in [7, 11) is 0. The maximum absolute atomic E-state index is 5.72. The van der Waals surface area contributed by atoms with Crippen molar-refractivity contribution in [3.8, 4) is 5.88 Å². The number of nitrogens with one attached hydrogen (secondary N) is 1. The molecule has 0 unspecified atom stereocenters. The molecule has 0 radical (unpaired) electrons. The Balaban J connectivity index is 1.83. The van der Waals surface area contributed by atoms with E-state index in [1.54, 1.807) is 11.3 Å². The number of hydrogen-bond donors (Lipinski definition) is 1. The molecule has 0 bridgehead atoms. The van der Waals surface area contributed by atoms with Crippen LogP contribution in [0.1, 0.15) is 31.3 Å². The van der Waals surface area contributed by atoms with E-state index in [-0.39, 0.29) is 5.54 Å². The molecule has 0 aliphatic carbocycles. The minimum absolute atomic E-state index is 0.0950. The van der Waals surface area contributed by atoms with Gasteiger partial charge in [-0.25, -0.2) is 4.98 Å². The van der Waals surface area contributed by atoms with Crippen molar-refractivity contribution in [1.82, 2.24) is 10.3 Å². The normalized spacial score (nSPS) is 11.6. The molecular formula is C16H22N2OS. The molecule has 0 aliphatic rings. The largest absolute Gasteiger partial charge is 0.477 e. The molecule has 0 atom stereocenters. The Morgan fingerprint density at radius 1 is 1.20 bits per heavy atom. The van der Waals surface area contributed by atoms with Gasteiger partial charge in [0.05, 0.1) is 12.3 Å². The van der Waals surface area contributed by atoms with Crippen LogP contribution < -0.4 is 10.1 Å². The number of ether oxygens (including phenoxy) is 1. The van der Waals surface area contributed by atoms with Crippen molar-refractivity contribution in [3.05, 3.63) is 46.3 Å². The van der Waals surface area contributed by atoms with Crippen LogP contribution in [0.5, 0.6) is 5.88 Å². The van der Waals surface area contributed by atoms with Crippen LogP contribution in [0.3, 0.4) is 0 Å². The Labute approximate surface area is 125 Å². The summed E-state index contributed by atoms with van der Waals surface area (Å²) in [5.74, 6) is 0.703. The zero-order valence-electron chi connectivity index (χ0n) is 12.3. The summed E-state index contributed by atoms with van der Waals surface area (Å²) < 4.78 is 5.72. The molecule has 2 aromatic rings. The minimum atomic E-state index is 0.0950. The summed E-state index contributed by atoms with van der Waals surface area (Å²) in [6, 6.07) is 10.1. The lowest BCUT2D eigenvalue weighted by Gasteiger charge is -2.20. The van der Waals surface area contributed by atoms with E-state index in [1.165, 1.54) is 4.88 Å². The zero-order chi connectivity index (χ0) is 14.4. The van der Waals surface area contributed by atoms with Crippen molar-refractivity contribution in [3.63, 3.8) is 0 Å². The third kappa shape index (κ3) is 5.31. The van der Waals surface area contributed by atoms with Crippen molar-refractivity contribution in [2.45, 2.75) is 39.3 Å². The van der Waals surface area contributed by atoms with Gasteiger partial charge in [0.1, 0.15) is 0 Å². The Hall–Kier alpha value is -1.39. The van der Waals surface area contributed by atoms with Crippen molar-refractivity contribution in [2.24, 2.45) is 0 Å². The van der Waals surface area contributed by atoms with Crippen molar-refractivity contribution in [1.29, 1.82) is 0 Å². The number of rotatable bonds is 6. The Morgan fingerprint density at radius 2 is 2.05 bits per heavy atom. The molecular weight excluding hydrogens is 268 g/mol. The van der Waals surface area contributed by atoms with E-state index in [9.17, 15) is 0 Å². The van der Waals surface area contributed by atoms with E-state index in [2.05, 4.69) is 48.6 Å². The van der Waals surface area contributed by atoms with Gasteiger partial charge < -0.3 is 10.1 Å². The van der Waals surface area contributed by atoms with Crippen LogP contribution in [-0.4, -0.2) is 17.1 Å². The Morgan fingerprint density at radius 3 is 2.75 bits per heavy atom. The van der Waals surface area contributed by atoms with Gasteiger partial charge in [-0.15, -0.1) is 11.3 Å². The number of hydrogen-bond acceptors (Lipinski definition) is 4. The summed E-state index contributed by atoms with van der Waals surface area (Å²) in [6.45, 7) is 7.87. The van der Waals surface area contributed by atoms with Gasteiger partial charge >= 0.3 is 0 Å². The molecule has 2 aromatic heterocycles. The summed E-state index contributed by atoms with van der Waals surface area (Å²) in [6.07, 6.45) is 0.934. The second-order valence-electron chi connectivity index (χ2n) is 5.75. The molecule has 20 heavy (non-hydrogen) atoms. The van der Waals surface area contributed by atoms with E-state index in [0.29, 0.717) is 12.5 Å². The first-order chi connectivity index (χ1) is 9.53. The van der Waals surface area contributed by atoms with Crippen molar-refractivity contribution < 1.29 is 4.74 Å². The topological polar surface area (TPSA) is 34.1 Å². The van der Waals surface area contributed by atoms with Crippen LogP contribution in [0, 0.1) is 0 Å². The molecule has 0 aliphatic heterocycles. The minimum Gasteiger partial charge on any atom is -0.477 e. The maximum atomic E-state index is 5.72. The fraction of sp³-hybridized carbons (Fsp3) is 0.438. The first-order valence-electron chi connectivity index (χ1n) is 6.89. The van der Waals surface area contributed by atoms with Crippen molar-refractivity contribution >= 4 is 11.3 Å². The first-order valence-corrected chi connectivity index (χ1v) is 7.77. The molecule has 0 saturated carbocycles. The van der Waals surface area contributed by atoms with E-state index >= 15 is 0 Å². The van der Waals surface area contributed by atoms with Crippen LogP contribution in [0.25, 0.3) is 0 Å². The standard InChI is InChI=1S/C16H22N2OS/c1-16(2,3)17-12-13-6-4-8-15(18-13)19-10-9-14-7-5-11-20-14/h4-8,11,17H,9-10,12H2,1-3H3. The molecule has 0 spiro atoms. The lowest BCUT2D eigenvalue weighted by Crippen LogP contribution is -2.35. The molecule has 0 fully saturated rings. The number of aromatic nitrogens is 1. The van der Waals surface area contributed by atoms with Crippen molar-refractivity contribution in [2.75, 3.05) is 6.61 Å². The molecule has 108 valence electrons. The molecule has 0 saturated heterocycles. The third-order valence-corrected chi connectivity index (χ3v) is 3.70. The molecule has 0 amide bonds. The lowest BCUT2D eigenvalue weighted by molar-refractivity contribution is 0.308. The highest BCUT2D eigenvalue weighted by atomic mass is 32.1. The molecule has 1 N–H and O–H groups in total. The summed E-state index contributed by atoms with van der Waals surface area (Å²) in [4.78, 5) is 5.86. The van der Waals surface area contributed by atoms with E-state index in [1.807, 2.05) is 18.2 Å². The maximum Gasteiger partial charge on any atom is 0.213 e. The first kappa shape index (κ1) is 15.0. The lowest BCUT2D eigenvalue weighted by atomic mass is 10.1. The third-order valence-electron chi connectivity index (χ3n) is 2.76. The van der Waals surface area contributed by atoms with E-state index in [0.717, 1.165) is 18.7 Å². The highest BCUT2D eigenvalue weighted by molar-refractivity contribution is 7.09. The summed E-state index contributed by atoms with van der Waals surface area (Å²) >= 11 is 1.76. The molecule has 4 heteroatoms. The van der Waals surface area contributed by atoms with Gasteiger partial charge in [-0.1, -0.05) is 12.1 Å². The van der Waals surface area contributed by atoms with Gasteiger partial charge in [-0.05, 0) is 38.3 Å². The monoisotopic (exact) mass is 290 g/mol. The van der Waals surface area contributed by atoms with Crippen LogP contribution in [0.15, 0.2) is 35.7 Å². The second kappa shape index (κ2) is 6.86. The number of pyridine rings is 1. The molecule has 0 aromatic carbocycles. The second-order valence-corrected chi connectivity index (χ2v) is 6.78. The zero-order valence-corrected chi connectivity index (χ0v) is 13.2. The predicted molar refractivity (Wildman–Crippen MR) is 84.3 cm³/mol. The van der Waals surface area contributed by atoms with Crippen LogP contribution >= 0.6 is 11.3 Å². The average molecular weight is 290 g/mol. The van der Waals surface area contributed by atoms with Crippen LogP contribution in [-0.2, 0) is 13.0 Å². The van der Waals surface area contributed by atoms with Gasteiger partial charge in [0.2, 0.25) is 5.88 Å². The number of nitrogens with zero attached hydrogens (tertiary/aromatic N) is 1. The van der Waals surface area contributed by atoms with Gasteiger partial charge in [-0.2, -0.15) is 0 Å². The quantitative estimate of drug-likeness (QED) is 0.881. The highest BCUT2D eigenvalue weighted by Gasteiger charge is 2.09. The molecule has 2 heterocycles.